The molecule has 1 nitrogen and oxygen atoms in total. The topological polar surface area (TPSA) is 12.0 Å². The minimum absolute atomic E-state index is 0.581. The van der Waals surface area contributed by atoms with Crippen LogP contribution in [0.25, 0.3) is 0 Å². The number of hydrogen-bond acceptors (Lipinski definition) is 1. The smallest absolute Gasteiger partial charge is 0.0178 e. The summed E-state index contributed by atoms with van der Waals surface area (Å²) in [4.78, 5) is 0. The molecule has 0 aromatic heterocycles. The second-order valence-electron chi connectivity index (χ2n) is 4.07. The number of benzene rings is 1. The lowest BCUT2D eigenvalue weighted by molar-refractivity contribution is 0.492. The molecule has 2 rings (SSSR count). The van der Waals surface area contributed by atoms with Gasteiger partial charge in [0.1, 0.15) is 0 Å². The van der Waals surface area contributed by atoms with Gasteiger partial charge in [-0.25, -0.2) is 0 Å². The highest BCUT2D eigenvalue weighted by atomic mass is 79.9. The van der Waals surface area contributed by atoms with Crippen molar-refractivity contribution < 1.29 is 0 Å². The highest BCUT2D eigenvalue weighted by Gasteiger charge is 2.26. The van der Waals surface area contributed by atoms with E-state index in [2.05, 4.69) is 46.4 Å². The van der Waals surface area contributed by atoms with Crippen LogP contribution in [-0.2, 0) is 6.42 Å². The summed E-state index contributed by atoms with van der Waals surface area (Å²) >= 11 is 3.52. The first-order valence-electron chi connectivity index (χ1n) is 5.18. The summed E-state index contributed by atoms with van der Waals surface area (Å²) in [5.74, 6) is 0.697. The van der Waals surface area contributed by atoms with Gasteiger partial charge in [0.25, 0.3) is 0 Å². The molecule has 0 aliphatic heterocycles. The maximum absolute atomic E-state index is 3.52. The van der Waals surface area contributed by atoms with Crippen LogP contribution in [-0.4, -0.2) is 13.1 Å². The Balaban J connectivity index is 2.31. The average Bonchev–Trinajstić information content (AvgIpc) is 2.59. The standard InChI is InChI=1S/C12H16BrN/c1-8(14-2)11-5-3-9-7-10(13)4-6-12(9)11/h4,6-8,11,14H,3,5H2,1-2H3. The third-order valence-corrected chi connectivity index (χ3v) is 3.78. The van der Waals surface area contributed by atoms with Crippen molar-refractivity contribution in [2.24, 2.45) is 0 Å². The van der Waals surface area contributed by atoms with Gasteiger partial charge in [0.05, 0.1) is 0 Å². The van der Waals surface area contributed by atoms with Crippen molar-refractivity contribution in [3.8, 4) is 0 Å². The Hall–Kier alpha value is -0.340. The number of hydrogen-bond donors (Lipinski definition) is 1. The number of nitrogens with one attached hydrogen (secondary N) is 1. The van der Waals surface area contributed by atoms with E-state index in [-0.39, 0.29) is 0 Å². The fourth-order valence-corrected chi connectivity index (χ4v) is 2.75. The highest BCUT2D eigenvalue weighted by molar-refractivity contribution is 9.10. The van der Waals surface area contributed by atoms with Crippen molar-refractivity contribution in [3.63, 3.8) is 0 Å². The van der Waals surface area contributed by atoms with E-state index < -0.39 is 0 Å². The highest BCUT2D eigenvalue weighted by Crippen LogP contribution is 2.36. The Morgan fingerprint density at radius 1 is 1.50 bits per heavy atom. The number of fused-ring (bicyclic) bond motifs is 1. The zero-order valence-electron chi connectivity index (χ0n) is 8.68. The molecule has 2 heteroatoms. The summed E-state index contributed by atoms with van der Waals surface area (Å²) in [7, 11) is 2.04. The lowest BCUT2D eigenvalue weighted by Gasteiger charge is -2.19. The van der Waals surface area contributed by atoms with Crippen LogP contribution < -0.4 is 5.32 Å². The van der Waals surface area contributed by atoms with E-state index in [0.29, 0.717) is 12.0 Å². The quantitative estimate of drug-likeness (QED) is 0.855. The third-order valence-electron chi connectivity index (χ3n) is 3.29. The predicted octanol–water partition coefficient (Wildman–Crippen LogP) is 3.09. The SMILES string of the molecule is CNC(C)C1CCc2cc(Br)ccc21. The molecule has 0 radical (unpaired) electrons. The van der Waals surface area contributed by atoms with Gasteiger partial charge in [-0.1, -0.05) is 22.0 Å². The molecule has 0 saturated heterocycles. The van der Waals surface area contributed by atoms with Crippen molar-refractivity contribution in [1.29, 1.82) is 0 Å². The number of halogens is 1. The molecule has 0 spiro atoms. The van der Waals surface area contributed by atoms with Crippen LogP contribution in [0.1, 0.15) is 30.4 Å². The Morgan fingerprint density at radius 2 is 2.29 bits per heavy atom. The molecule has 2 unspecified atom stereocenters. The first kappa shape index (κ1) is 10.2. The summed E-state index contributed by atoms with van der Waals surface area (Å²) < 4.78 is 1.20. The zero-order valence-corrected chi connectivity index (χ0v) is 10.3. The molecular weight excluding hydrogens is 238 g/mol. The van der Waals surface area contributed by atoms with E-state index in [9.17, 15) is 0 Å². The van der Waals surface area contributed by atoms with Crippen LogP contribution in [0.4, 0.5) is 0 Å². The Kier molecular flexibility index (Phi) is 2.93. The Labute approximate surface area is 94.0 Å². The van der Waals surface area contributed by atoms with E-state index in [1.807, 2.05) is 7.05 Å². The molecule has 0 heterocycles. The predicted molar refractivity (Wildman–Crippen MR) is 63.7 cm³/mol. The summed E-state index contributed by atoms with van der Waals surface area (Å²) in [5.41, 5.74) is 3.06. The van der Waals surface area contributed by atoms with E-state index in [0.717, 1.165) is 0 Å². The molecule has 1 aromatic rings. The van der Waals surface area contributed by atoms with Crippen LogP contribution in [0.2, 0.25) is 0 Å². The van der Waals surface area contributed by atoms with Gasteiger partial charge in [-0.3, -0.25) is 0 Å². The molecule has 1 aliphatic carbocycles. The lowest BCUT2D eigenvalue weighted by Crippen LogP contribution is -2.27. The third kappa shape index (κ3) is 1.73. The first-order valence-corrected chi connectivity index (χ1v) is 5.97. The first-order chi connectivity index (χ1) is 6.72. The molecule has 1 aliphatic rings. The maximum atomic E-state index is 3.52. The van der Waals surface area contributed by atoms with Gasteiger partial charge in [0, 0.05) is 10.5 Å². The minimum Gasteiger partial charge on any atom is -0.317 e. The fraction of sp³-hybridized carbons (Fsp3) is 0.500. The number of rotatable bonds is 2. The van der Waals surface area contributed by atoms with Gasteiger partial charge >= 0.3 is 0 Å². The summed E-state index contributed by atoms with van der Waals surface area (Å²) in [6.07, 6.45) is 2.51. The van der Waals surface area contributed by atoms with Crippen molar-refractivity contribution in [2.75, 3.05) is 7.05 Å². The monoisotopic (exact) mass is 253 g/mol. The van der Waals surface area contributed by atoms with Gasteiger partial charge in [0.15, 0.2) is 0 Å². The van der Waals surface area contributed by atoms with Gasteiger partial charge in [-0.15, -0.1) is 0 Å². The lowest BCUT2D eigenvalue weighted by atomic mass is 9.94. The van der Waals surface area contributed by atoms with Crippen LogP contribution >= 0.6 is 15.9 Å². The minimum atomic E-state index is 0.581. The van der Waals surface area contributed by atoms with E-state index in [4.69, 9.17) is 0 Å². The van der Waals surface area contributed by atoms with Gasteiger partial charge < -0.3 is 5.32 Å². The summed E-state index contributed by atoms with van der Waals surface area (Å²) in [6, 6.07) is 7.26. The van der Waals surface area contributed by atoms with E-state index >= 15 is 0 Å². The Morgan fingerprint density at radius 3 is 3.00 bits per heavy atom. The molecule has 14 heavy (non-hydrogen) atoms. The van der Waals surface area contributed by atoms with Crippen molar-refractivity contribution in [1.82, 2.24) is 5.32 Å². The largest absolute Gasteiger partial charge is 0.317 e. The molecule has 1 aromatic carbocycles. The van der Waals surface area contributed by atoms with Crippen LogP contribution in [0, 0.1) is 0 Å². The van der Waals surface area contributed by atoms with Gasteiger partial charge in [0.2, 0.25) is 0 Å². The molecule has 0 saturated carbocycles. The molecule has 76 valence electrons. The van der Waals surface area contributed by atoms with Crippen LogP contribution in [0.15, 0.2) is 22.7 Å². The maximum Gasteiger partial charge on any atom is 0.0178 e. The molecular formula is C12H16BrN. The molecule has 0 amide bonds. The second kappa shape index (κ2) is 4.03. The van der Waals surface area contributed by atoms with Crippen molar-refractivity contribution >= 4 is 15.9 Å². The summed E-state index contributed by atoms with van der Waals surface area (Å²) in [6.45, 7) is 2.27. The molecule has 0 bridgehead atoms. The fourth-order valence-electron chi connectivity index (χ4n) is 2.34. The Bertz CT molecular complexity index is 335. The summed E-state index contributed by atoms with van der Waals surface area (Å²) in [5, 5.41) is 3.35. The normalized spacial score (nSPS) is 22.1. The average molecular weight is 254 g/mol. The zero-order chi connectivity index (χ0) is 10.1. The van der Waals surface area contributed by atoms with E-state index in [1.165, 1.54) is 28.4 Å². The van der Waals surface area contributed by atoms with Crippen LogP contribution in [0.5, 0.6) is 0 Å². The second-order valence-corrected chi connectivity index (χ2v) is 4.98. The number of likely N-dealkylation sites (N-methyl/N-ethyl adjacent to an activating group) is 1. The van der Waals surface area contributed by atoms with E-state index in [1.54, 1.807) is 0 Å². The molecule has 1 N–H and O–H groups in total. The molecule has 2 atom stereocenters. The van der Waals surface area contributed by atoms with Crippen molar-refractivity contribution in [2.45, 2.75) is 31.7 Å². The van der Waals surface area contributed by atoms with Crippen LogP contribution in [0.3, 0.4) is 0 Å². The van der Waals surface area contributed by atoms with Gasteiger partial charge in [-0.05, 0) is 56.0 Å². The molecule has 0 fully saturated rings. The van der Waals surface area contributed by atoms with Crippen molar-refractivity contribution in [3.05, 3.63) is 33.8 Å². The number of aryl methyl sites for hydroxylation is 1. The van der Waals surface area contributed by atoms with Gasteiger partial charge in [-0.2, -0.15) is 0 Å².